The van der Waals surface area contributed by atoms with Gasteiger partial charge in [0.1, 0.15) is 4.90 Å². The van der Waals surface area contributed by atoms with Gasteiger partial charge in [0.15, 0.2) is 0 Å². The molecule has 0 unspecified atom stereocenters. The third kappa shape index (κ3) is 3.15. The van der Waals surface area contributed by atoms with Crippen LogP contribution in [0.4, 0.5) is 5.69 Å². The van der Waals surface area contributed by atoms with Crippen LogP contribution in [-0.4, -0.2) is 19.5 Å². The summed E-state index contributed by atoms with van der Waals surface area (Å²) < 4.78 is 23.0. The third-order valence-corrected chi connectivity index (χ3v) is 4.03. The Hall–Kier alpha value is -2.09. The Morgan fingerprint density at radius 1 is 1.14 bits per heavy atom. The average molecular weight is 327 g/mol. The van der Waals surface area contributed by atoms with Crippen molar-refractivity contribution in [2.75, 3.05) is 5.73 Å². The van der Waals surface area contributed by atoms with Crippen molar-refractivity contribution in [2.24, 2.45) is 5.14 Å². The molecule has 0 radical (unpaired) electrons. The average Bonchev–Trinajstić information content (AvgIpc) is 2.40. The summed E-state index contributed by atoms with van der Waals surface area (Å²) >= 11 is 5.89. The number of aromatic carboxylic acids is 1. The van der Waals surface area contributed by atoms with Crippen LogP contribution in [0.5, 0.6) is 0 Å². The standard InChI is InChI=1S/C13H11ClN2O4S/c14-9-5-10(12(15)11(6-9)21(16,19)20)7-1-3-8(4-2-7)13(17)18/h1-6H,15H2,(H,17,18)(H2,16,19,20). The van der Waals surface area contributed by atoms with Gasteiger partial charge in [0.2, 0.25) is 10.0 Å². The van der Waals surface area contributed by atoms with E-state index in [1.807, 2.05) is 0 Å². The molecule has 2 aromatic rings. The summed E-state index contributed by atoms with van der Waals surface area (Å²) in [4.78, 5) is 10.5. The molecule has 0 atom stereocenters. The molecule has 6 nitrogen and oxygen atoms in total. The summed E-state index contributed by atoms with van der Waals surface area (Å²) in [5.74, 6) is -1.06. The first-order chi connectivity index (χ1) is 9.70. The first-order valence-corrected chi connectivity index (χ1v) is 7.58. The van der Waals surface area contributed by atoms with E-state index in [0.29, 0.717) is 11.1 Å². The van der Waals surface area contributed by atoms with E-state index in [4.69, 9.17) is 27.6 Å². The lowest BCUT2D eigenvalue weighted by Gasteiger charge is -2.11. The van der Waals surface area contributed by atoms with E-state index in [2.05, 4.69) is 0 Å². The molecule has 0 bridgehead atoms. The van der Waals surface area contributed by atoms with Crippen molar-refractivity contribution in [2.45, 2.75) is 4.90 Å². The monoisotopic (exact) mass is 326 g/mol. The zero-order chi connectivity index (χ0) is 15.8. The zero-order valence-corrected chi connectivity index (χ0v) is 12.1. The van der Waals surface area contributed by atoms with Crippen LogP contribution in [0.3, 0.4) is 0 Å². The number of carboxylic acid groups (broad SMARTS) is 1. The second-order valence-corrected chi connectivity index (χ2v) is 6.26. The van der Waals surface area contributed by atoms with Crippen LogP contribution in [0, 0.1) is 0 Å². The topological polar surface area (TPSA) is 123 Å². The maximum Gasteiger partial charge on any atom is 0.335 e. The number of sulfonamides is 1. The predicted octanol–water partition coefficient (Wildman–Crippen LogP) is 1.93. The number of rotatable bonds is 3. The fraction of sp³-hybridized carbons (Fsp3) is 0. The van der Waals surface area contributed by atoms with Gasteiger partial charge >= 0.3 is 5.97 Å². The molecule has 2 rings (SSSR count). The Morgan fingerprint density at radius 2 is 1.71 bits per heavy atom. The van der Waals surface area contributed by atoms with Crippen LogP contribution in [0.25, 0.3) is 11.1 Å². The largest absolute Gasteiger partial charge is 0.478 e. The summed E-state index contributed by atoms with van der Waals surface area (Å²) in [7, 11) is -4.01. The van der Waals surface area contributed by atoms with Gasteiger partial charge in [0.25, 0.3) is 0 Å². The Balaban J connectivity index is 2.64. The number of halogens is 1. The number of nitrogen functional groups attached to an aromatic ring is 1. The van der Waals surface area contributed by atoms with Gasteiger partial charge in [-0.15, -0.1) is 0 Å². The Bertz CT molecular complexity index is 817. The molecule has 0 aliphatic carbocycles. The molecule has 8 heteroatoms. The highest BCUT2D eigenvalue weighted by Gasteiger charge is 2.17. The molecule has 0 aliphatic rings. The van der Waals surface area contributed by atoms with Gasteiger partial charge in [-0.2, -0.15) is 0 Å². The lowest BCUT2D eigenvalue weighted by Crippen LogP contribution is -2.14. The number of primary sulfonamides is 1. The van der Waals surface area contributed by atoms with Gasteiger partial charge in [-0.05, 0) is 29.8 Å². The van der Waals surface area contributed by atoms with Crippen LogP contribution in [-0.2, 0) is 10.0 Å². The molecule has 0 saturated carbocycles. The molecule has 0 spiro atoms. The molecule has 0 heterocycles. The third-order valence-electron chi connectivity index (χ3n) is 2.86. The highest BCUT2D eigenvalue weighted by Crippen LogP contribution is 2.34. The van der Waals surface area contributed by atoms with Gasteiger partial charge in [-0.3, -0.25) is 0 Å². The van der Waals surface area contributed by atoms with Crippen molar-refractivity contribution in [1.82, 2.24) is 0 Å². The Labute approximate surface area is 126 Å². The fourth-order valence-electron chi connectivity index (χ4n) is 1.86. The van der Waals surface area contributed by atoms with Crippen LogP contribution in [0.15, 0.2) is 41.3 Å². The minimum atomic E-state index is -4.01. The van der Waals surface area contributed by atoms with E-state index in [9.17, 15) is 13.2 Å². The van der Waals surface area contributed by atoms with Crippen LogP contribution in [0.2, 0.25) is 5.02 Å². The maximum absolute atomic E-state index is 11.5. The number of nitrogens with two attached hydrogens (primary N) is 2. The summed E-state index contributed by atoms with van der Waals surface area (Å²) in [6, 6.07) is 8.45. The maximum atomic E-state index is 11.5. The highest BCUT2D eigenvalue weighted by molar-refractivity contribution is 7.89. The molecule has 0 aliphatic heterocycles. The van der Waals surface area contributed by atoms with E-state index >= 15 is 0 Å². The molecule has 110 valence electrons. The number of anilines is 1. The van der Waals surface area contributed by atoms with Gasteiger partial charge in [-0.25, -0.2) is 18.4 Å². The smallest absolute Gasteiger partial charge is 0.335 e. The quantitative estimate of drug-likeness (QED) is 0.743. The van der Waals surface area contributed by atoms with Gasteiger partial charge in [0.05, 0.1) is 11.3 Å². The number of hydrogen-bond donors (Lipinski definition) is 3. The Kier molecular flexibility index (Phi) is 3.91. The van der Waals surface area contributed by atoms with Crippen molar-refractivity contribution in [1.29, 1.82) is 0 Å². The number of carboxylic acids is 1. The van der Waals surface area contributed by atoms with E-state index in [1.54, 1.807) is 0 Å². The lowest BCUT2D eigenvalue weighted by molar-refractivity contribution is 0.0697. The molecular formula is C13H11ClN2O4S. The SMILES string of the molecule is Nc1c(-c2ccc(C(=O)O)cc2)cc(Cl)cc1S(N)(=O)=O. The van der Waals surface area contributed by atoms with Crippen molar-refractivity contribution in [3.8, 4) is 11.1 Å². The van der Waals surface area contributed by atoms with Crippen molar-refractivity contribution in [3.05, 3.63) is 47.0 Å². The molecule has 0 saturated heterocycles. The number of carbonyl (C=O) groups is 1. The van der Waals surface area contributed by atoms with Crippen molar-refractivity contribution in [3.63, 3.8) is 0 Å². The van der Waals surface area contributed by atoms with Crippen LogP contribution in [0.1, 0.15) is 10.4 Å². The number of hydrogen-bond acceptors (Lipinski definition) is 4. The van der Waals surface area contributed by atoms with Crippen molar-refractivity contribution >= 4 is 33.3 Å². The Morgan fingerprint density at radius 3 is 2.19 bits per heavy atom. The normalized spacial score (nSPS) is 11.3. The first kappa shape index (κ1) is 15.3. The second-order valence-electron chi connectivity index (χ2n) is 4.29. The van der Waals surface area contributed by atoms with Crippen molar-refractivity contribution < 1.29 is 18.3 Å². The summed E-state index contributed by atoms with van der Waals surface area (Å²) in [5.41, 5.74) is 6.80. The molecule has 21 heavy (non-hydrogen) atoms. The molecular weight excluding hydrogens is 316 g/mol. The summed E-state index contributed by atoms with van der Waals surface area (Å²) in [6.45, 7) is 0. The fourth-order valence-corrected chi connectivity index (χ4v) is 2.85. The highest BCUT2D eigenvalue weighted by atomic mass is 35.5. The summed E-state index contributed by atoms with van der Waals surface area (Å²) in [6.07, 6.45) is 0. The van der Waals surface area contributed by atoms with Crippen LogP contribution >= 0.6 is 11.6 Å². The van der Waals surface area contributed by atoms with Gasteiger partial charge in [0, 0.05) is 10.6 Å². The molecule has 0 aromatic heterocycles. The first-order valence-electron chi connectivity index (χ1n) is 5.65. The zero-order valence-electron chi connectivity index (χ0n) is 10.6. The predicted molar refractivity (Wildman–Crippen MR) is 79.6 cm³/mol. The van der Waals surface area contributed by atoms with E-state index in [0.717, 1.165) is 0 Å². The molecule has 0 amide bonds. The van der Waals surface area contributed by atoms with Gasteiger partial charge in [-0.1, -0.05) is 23.7 Å². The minimum Gasteiger partial charge on any atom is -0.478 e. The molecule has 0 fully saturated rings. The van der Waals surface area contributed by atoms with Crippen LogP contribution < -0.4 is 10.9 Å². The van der Waals surface area contributed by atoms with E-state index in [-0.39, 0.29) is 21.2 Å². The molecule has 2 aromatic carbocycles. The number of benzene rings is 2. The van der Waals surface area contributed by atoms with E-state index in [1.165, 1.54) is 36.4 Å². The minimum absolute atomic E-state index is 0.0371. The molecule has 5 N–H and O–H groups in total. The van der Waals surface area contributed by atoms with E-state index < -0.39 is 16.0 Å². The summed E-state index contributed by atoms with van der Waals surface area (Å²) in [5, 5.41) is 14.1. The second kappa shape index (κ2) is 5.36. The lowest BCUT2D eigenvalue weighted by atomic mass is 10.0. The van der Waals surface area contributed by atoms with Gasteiger partial charge < -0.3 is 10.8 Å².